The second-order valence-corrected chi connectivity index (χ2v) is 8.78. The molecule has 0 aliphatic carbocycles. The monoisotopic (exact) mass is 406 g/mol. The molecule has 0 aliphatic rings. The second kappa shape index (κ2) is 15.9. The maximum atomic E-state index is 12.4. The van der Waals surface area contributed by atoms with E-state index < -0.39 is 0 Å². The van der Waals surface area contributed by atoms with Crippen LogP contribution in [0.5, 0.6) is 0 Å². The Balaban J connectivity index is 1.48. The van der Waals surface area contributed by atoms with Crippen molar-refractivity contribution in [2.24, 2.45) is 0 Å². The van der Waals surface area contributed by atoms with Crippen molar-refractivity contribution >= 4 is 5.78 Å². The SMILES string of the molecule is CCCCCCCCCCCCCCCC(=O)c1ccc(Cc2ccccc2)cc1. The number of hydrogen-bond donors (Lipinski definition) is 0. The Morgan fingerprint density at radius 1 is 0.567 bits per heavy atom. The van der Waals surface area contributed by atoms with Gasteiger partial charge in [0.2, 0.25) is 0 Å². The van der Waals surface area contributed by atoms with Crippen LogP contribution in [0.2, 0.25) is 0 Å². The summed E-state index contributed by atoms with van der Waals surface area (Å²) in [7, 11) is 0. The summed E-state index contributed by atoms with van der Waals surface area (Å²) in [6.45, 7) is 2.28. The average molecular weight is 407 g/mol. The molecule has 2 rings (SSSR count). The van der Waals surface area contributed by atoms with Gasteiger partial charge in [0, 0.05) is 12.0 Å². The van der Waals surface area contributed by atoms with E-state index in [2.05, 4.69) is 43.3 Å². The van der Waals surface area contributed by atoms with Crippen LogP contribution < -0.4 is 0 Å². The highest BCUT2D eigenvalue weighted by molar-refractivity contribution is 5.96. The number of rotatable bonds is 17. The van der Waals surface area contributed by atoms with Crippen LogP contribution in [0.15, 0.2) is 54.6 Å². The Labute approximate surface area is 185 Å². The number of ketones is 1. The molecule has 0 radical (unpaired) electrons. The molecule has 1 nitrogen and oxygen atoms in total. The highest BCUT2D eigenvalue weighted by Crippen LogP contribution is 2.15. The lowest BCUT2D eigenvalue weighted by atomic mass is 9.99. The first-order chi connectivity index (χ1) is 14.8. The van der Waals surface area contributed by atoms with E-state index >= 15 is 0 Å². The molecular formula is C29H42O. The minimum Gasteiger partial charge on any atom is -0.294 e. The van der Waals surface area contributed by atoms with Crippen LogP contribution in [-0.4, -0.2) is 5.78 Å². The molecule has 30 heavy (non-hydrogen) atoms. The zero-order valence-corrected chi connectivity index (χ0v) is 19.2. The van der Waals surface area contributed by atoms with Gasteiger partial charge in [-0.1, -0.05) is 139 Å². The second-order valence-electron chi connectivity index (χ2n) is 8.78. The molecule has 0 aromatic heterocycles. The third kappa shape index (κ3) is 10.8. The maximum Gasteiger partial charge on any atom is 0.162 e. The van der Waals surface area contributed by atoms with Crippen molar-refractivity contribution in [3.63, 3.8) is 0 Å². The maximum absolute atomic E-state index is 12.4. The van der Waals surface area contributed by atoms with Crippen molar-refractivity contribution in [1.82, 2.24) is 0 Å². The predicted octanol–water partition coefficient (Wildman–Crippen LogP) is 8.94. The van der Waals surface area contributed by atoms with Gasteiger partial charge in [0.1, 0.15) is 0 Å². The molecule has 0 aliphatic heterocycles. The molecule has 0 N–H and O–H groups in total. The third-order valence-corrected chi connectivity index (χ3v) is 6.03. The summed E-state index contributed by atoms with van der Waals surface area (Å²) in [4.78, 5) is 12.4. The Hall–Kier alpha value is -1.89. The van der Waals surface area contributed by atoms with E-state index in [1.54, 1.807) is 0 Å². The van der Waals surface area contributed by atoms with E-state index in [4.69, 9.17) is 0 Å². The number of carbonyl (C=O) groups is 1. The number of carbonyl (C=O) groups excluding carboxylic acids is 1. The highest BCUT2D eigenvalue weighted by atomic mass is 16.1. The summed E-state index contributed by atoms with van der Waals surface area (Å²) >= 11 is 0. The Bertz CT molecular complexity index is 671. The van der Waals surface area contributed by atoms with Crippen molar-refractivity contribution < 1.29 is 4.79 Å². The fraction of sp³-hybridized carbons (Fsp3) is 0.552. The minimum atomic E-state index is 0.296. The summed E-state index contributed by atoms with van der Waals surface area (Å²) in [5.74, 6) is 0.296. The first kappa shape index (κ1) is 24.4. The van der Waals surface area contributed by atoms with E-state index in [9.17, 15) is 4.79 Å². The van der Waals surface area contributed by atoms with E-state index in [1.807, 2.05) is 18.2 Å². The largest absolute Gasteiger partial charge is 0.294 e. The first-order valence-electron chi connectivity index (χ1n) is 12.5. The number of Topliss-reactive ketones (excluding diaryl/α,β-unsaturated/α-hetero) is 1. The predicted molar refractivity (Wildman–Crippen MR) is 130 cm³/mol. The normalized spacial score (nSPS) is 11.0. The number of benzene rings is 2. The molecule has 2 aromatic carbocycles. The van der Waals surface area contributed by atoms with Gasteiger partial charge in [-0.25, -0.2) is 0 Å². The zero-order valence-electron chi connectivity index (χ0n) is 19.2. The van der Waals surface area contributed by atoms with Crippen molar-refractivity contribution in [2.75, 3.05) is 0 Å². The topological polar surface area (TPSA) is 17.1 Å². The van der Waals surface area contributed by atoms with Crippen molar-refractivity contribution in [3.05, 3.63) is 71.3 Å². The molecule has 0 fully saturated rings. The fourth-order valence-corrected chi connectivity index (χ4v) is 4.09. The van der Waals surface area contributed by atoms with Crippen LogP contribution in [0.3, 0.4) is 0 Å². The van der Waals surface area contributed by atoms with Gasteiger partial charge < -0.3 is 0 Å². The Kier molecular flexibility index (Phi) is 12.9. The third-order valence-electron chi connectivity index (χ3n) is 6.03. The molecule has 0 saturated heterocycles. The summed E-state index contributed by atoms with van der Waals surface area (Å²) in [5.41, 5.74) is 3.44. The van der Waals surface area contributed by atoms with Gasteiger partial charge in [-0.3, -0.25) is 4.79 Å². The molecule has 2 aromatic rings. The van der Waals surface area contributed by atoms with Gasteiger partial charge in [0.05, 0.1) is 0 Å². The highest BCUT2D eigenvalue weighted by Gasteiger charge is 2.06. The molecular weight excluding hydrogens is 364 g/mol. The number of unbranched alkanes of at least 4 members (excludes halogenated alkanes) is 12. The van der Waals surface area contributed by atoms with E-state index in [0.717, 1.165) is 18.4 Å². The minimum absolute atomic E-state index is 0.296. The van der Waals surface area contributed by atoms with Crippen LogP contribution in [0.25, 0.3) is 0 Å². The lowest BCUT2D eigenvalue weighted by Crippen LogP contribution is -1.99. The molecule has 0 amide bonds. The summed E-state index contributed by atoms with van der Waals surface area (Å²) in [6.07, 6.45) is 19.1. The summed E-state index contributed by atoms with van der Waals surface area (Å²) in [6, 6.07) is 18.7. The van der Waals surface area contributed by atoms with E-state index in [0.29, 0.717) is 12.2 Å². The fourth-order valence-electron chi connectivity index (χ4n) is 4.09. The molecule has 1 heteroatoms. The molecule has 0 spiro atoms. The smallest absolute Gasteiger partial charge is 0.162 e. The van der Waals surface area contributed by atoms with Crippen molar-refractivity contribution in [1.29, 1.82) is 0 Å². The van der Waals surface area contributed by atoms with Crippen LogP contribution in [0.1, 0.15) is 118 Å². The Morgan fingerprint density at radius 2 is 1.03 bits per heavy atom. The quantitative estimate of drug-likeness (QED) is 0.189. The Morgan fingerprint density at radius 3 is 1.57 bits per heavy atom. The zero-order chi connectivity index (χ0) is 21.3. The van der Waals surface area contributed by atoms with Gasteiger partial charge >= 0.3 is 0 Å². The van der Waals surface area contributed by atoms with Gasteiger partial charge in [-0.2, -0.15) is 0 Å². The molecule has 164 valence electrons. The van der Waals surface area contributed by atoms with Gasteiger partial charge in [0.15, 0.2) is 5.78 Å². The molecule has 0 bridgehead atoms. The molecule has 0 unspecified atom stereocenters. The molecule has 0 saturated carbocycles. The van der Waals surface area contributed by atoms with Gasteiger partial charge in [-0.05, 0) is 24.0 Å². The lowest BCUT2D eigenvalue weighted by molar-refractivity contribution is 0.0979. The van der Waals surface area contributed by atoms with Crippen molar-refractivity contribution in [2.45, 2.75) is 103 Å². The van der Waals surface area contributed by atoms with E-state index in [1.165, 1.54) is 88.2 Å². The summed E-state index contributed by atoms with van der Waals surface area (Å²) < 4.78 is 0. The molecule has 0 atom stereocenters. The number of hydrogen-bond acceptors (Lipinski definition) is 1. The standard InChI is InChI=1S/C29H42O/c1-2-3-4-5-6-7-8-9-10-11-12-13-17-20-29(30)28-23-21-27(22-24-28)25-26-18-15-14-16-19-26/h14-16,18-19,21-24H,2-13,17,20,25H2,1H3. The average Bonchev–Trinajstić information content (AvgIpc) is 2.78. The van der Waals surface area contributed by atoms with E-state index in [-0.39, 0.29) is 0 Å². The van der Waals surface area contributed by atoms with Crippen molar-refractivity contribution in [3.8, 4) is 0 Å². The van der Waals surface area contributed by atoms with Gasteiger partial charge in [0.25, 0.3) is 0 Å². The lowest BCUT2D eigenvalue weighted by Gasteiger charge is -2.05. The van der Waals surface area contributed by atoms with Crippen LogP contribution in [-0.2, 0) is 6.42 Å². The van der Waals surface area contributed by atoms with Crippen LogP contribution >= 0.6 is 0 Å². The van der Waals surface area contributed by atoms with Gasteiger partial charge in [-0.15, -0.1) is 0 Å². The first-order valence-corrected chi connectivity index (χ1v) is 12.5. The molecule has 0 heterocycles. The summed E-state index contributed by atoms with van der Waals surface area (Å²) in [5, 5.41) is 0. The van der Waals surface area contributed by atoms with Crippen LogP contribution in [0.4, 0.5) is 0 Å². The van der Waals surface area contributed by atoms with Crippen LogP contribution in [0, 0.1) is 0 Å².